The van der Waals surface area contributed by atoms with Crippen LogP contribution in [-0.2, 0) is 6.54 Å². The molecule has 0 bridgehead atoms. The molecule has 2 aromatic rings. The Morgan fingerprint density at radius 3 is 2.80 bits per heavy atom. The van der Waals surface area contributed by atoms with E-state index in [1.54, 1.807) is 6.07 Å². The summed E-state index contributed by atoms with van der Waals surface area (Å²) in [5, 5.41) is 0.644. The van der Waals surface area contributed by atoms with E-state index in [-0.39, 0.29) is 0 Å². The number of ether oxygens (including phenoxy) is 2. The molecule has 0 atom stereocenters. The van der Waals surface area contributed by atoms with Gasteiger partial charge in [0.05, 0.1) is 0 Å². The lowest BCUT2D eigenvalue weighted by Crippen LogP contribution is -2.24. The summed E-state index contributed by atoms with van der Waals surface area (Å²) >= 11 is 6.03. The summed E-state index contributed by atoms with van der Waals surface area (Å²) in [5.74, 6) is 2.24. The second-order valence-electron chi connectivity index (χ2n) is 4.89. The molecule has 0 fully saturated rings. The van der Waals surface area contributed by atoms with E-state index >= 15 is 0 Å². The van der Waals surface area contributed by atoms with E-state index in [0.29, 0.717) is 23.1 Å². The van der Waals surface area contributed by atoms with Crippen molar-refractivity contribution in [2.45, 2.75) is 6.54 Å². The van der Waals surface area contributed by atoms with Crippen LogP contribution in [0.4, 0.5) is 0 Å². The fourth-order valence-corrected chi connectivity index (χ4v) is 2.37. The quantitative estimate of drug-likeness (QED) is 0.733. The third kappa shape index (κ3) is 2.89. The summed E-state index contributed by atoms with van der Waals surface area (Å²) in [6.07, 6.45) is 0. The van der Waals surface area contributed by atoms with E-state index in [1.165, 1.54) is 0 Å². The summed E-state index contributed by atoms with van der Waals surface area (Å²) < 4.78 is 11.8. The largest absolute Gasteiger partial charge is 0.488 e. The predicted octanol–water partition coefficient (Wildman–Crippen LogP) is 3.96. The highest BCUT2D eigenvalue weighted by Gasteiger charge is 2.14. The fraction of sp³-hybridized carbons (Fsp3) is 0.250. The first-order valence-electron chi connectivity index (χ1n) is 6.59. The normalized spacial score (nSPS) is 15.5. The van der Waals surface area contributed by atoms with Gasteiger partial charge in [-0.1, -0.05) is 29.8 Å². The lowest BCUT2D eigenvalue weighted by atomic mass is 10.2. The van der Waals surface area contributed by atoms with Crippen molar-refractivity contribution >= 4 is 11.6 Å². The van der Waals surface area contributed by atoms with Crippen molar-refractivity contribution in [1.29, 1.82) is 0 Å². The van der Waals surface area contributed by atoms with Crippen molar-refractivity contribution in [2.75, 3.05) is 20.2 Å². The van der Waals surface area contributed by atoms with Crippen molar-refractivity contribution in [1.82, 2.24) is 4.90 Å². The number of hydrogen-bond donors (Lipinski definition) is 0. The minimum Gasteiger partial charge on any atom is -0.488 e. The molecule has 3 nitrogen and oxygen atoms in total. The van der Waals surface area contributed by atoms with Crippen LogP contribution in [0.2, 0.25) is 5.02 Å². The average molecular weight is 290 g/mol. The third-order valence-corrected chi connectivity index (χ3v) is 3.50. The van der Waals surface area contributed by atoms with Crippen LogP contribution in [0.3, 0.4) is 0 Å². The molecule has 0 saturated carbocycles. The van der Waals surface area contributed by atoms with Gasteiger partial charge in [0.25, 0.3) is 0 Å². The topological polar surface area (TPSA) is 21.7 Å². The van der Waals surface area contributed by atoms with Gasteiger partial charge in [-0.3, -0.25) is 4.90 Å². The van der Waals surface area contributed by atoms with Crippen molar-refractivity contribution in [2.24, 2.45) is 0 Å². The molecule has 0 spiro atoms. The predicted molar refractivity (Wildman–Crippen MR) is 79.8 cm³/mol. The summed E-state index contributed by atoms with van der Waals surface area (Å²) in [5.41, 5.74) is 1.16. The second kappa shape index (κ2) is 5.73. The zero-order valence-corrected chi connectivity index (χ0v) is 12.1. The van der Waals surface area contributed by atoms with Crippen LogP contribution >= 0.6 is 11.6 Å². The average Bonchev–Trinajstić information content (AvgIpc) is 2.43. The maximum atomic E-state index is 6.03. The molecule has 1 aliphatic heterocycles. The van der Waals surface area contributed by atoms with Gasteiger partial charge in [0, 0.05) is 29.7 Å². The molecule has 20 heavy (non-hydrogen) atoms. The molecule has 2 aromatic carbocycles. The summed E-state index contributed by atoms with van der Waals surface area (Å²) in [7, 11) is 2.07. The minimum atomic E-state index is 0.607. The molecule has 0 N–H and O–H groups in total. The fourth-order valence-electron chi connectivity index (χ4n) is 2.21. The van der Waals surface area contributed by atoms with Crippen LogP contribution < -0.4 is 9.47 Å². The minimum absolute atomic E-state index is 0.607. The van der Waals surface area contributed by atoms with Crippen LogP contribution in [0.5, 0.6) is 17.2 Å². The molecule has 0 unspecified atom stereocenters. The molecule has 0 radical (unpaired) electrons. The van der Waals surface area contributed by atoms with Gasteiger partial charge in [-0.05, 0) is 25.2 Å². The molecular formula is C16H16ClNO2. The number of nitrogens with zero attached hydrogens (tertiary/aromatic N) is 1. The number of halogens is 1. The van der Waals surface area contributed by atoms with Crippen molar-refractivity contribution in [3.63, 3.8) is 0 Å². The van der Waals surface area contributed by atoms with Crippen LogP contribution in [0.1, 0.15) is 5.56 Å². The van der Waals surface area contributed by atoms with E-state index in [2.05, 4.69) is 18.0 Å². The second-order valence-corrected chi connectivity index (χ2v) is 5.32. The Kier molecular flexibility index (Phi) is 3.81. The van der Waals surface area contributed by atoms with E-state index in [9.17, 15) is 0 Å². The number of para-hydroxylation sites is 1. The maximum absolute atomic E-state index is 6.03. The summed E-state index contributed by atoms with van der Waals surface area (Å²) in [4.78, 5) is 2.21. The van der Waals surface area contributed by atoms with Gasteiger partial charge in [-0.2, -0.15) is 0 Å². The number of fused-ring (bicyclic) bond motifs is 2. The first-order valence-corrected chi connectivity index (χ1v) is 6.97. The van der Waals surface area contributed by atoms with Gasteiger partial charge in [-0.25, -0.2) is 0 Å². The highest BCUT2D eigenvalue weighted by molar-refractivity contribution is 6.30. The van der Waals surface area contributed by atoms with Crippen LogP contribution in [-0.4, -0.2) is 25.1 Å². The van der Waals surface area contributed by atoms with Crippen LogP contribution in [0, 0.1) is 0 Å². The first-order chi connectivity index (χ1) is 9.72. The zero-order valence-electron chi connectivity index (χ0n) is 11.3. The Labute approximate surface area is 123 Å². The van der Waals surface area contributed by atoms with Gasteiger partial charge < -0.3 is 9.47 Å². The maximum Gasteiger partial charge on any atom is 0.169 e. The number of likely N-dealkylation sites (N-methyl/N-ethyl adjacent to an activating group) is 1. The highest BCUT2D eigenvalue weighted by Crippen LogP contribution is 2.36. The third-order valence-electron chi connectivity index (χ3n) is 3.27. The number of hydrogen-bond acceptors (Lipinski definition) is 3. The highest BCUT2D eigenvalue weighted by atomic mass is 35.5. The summed E-state index contributed by atoms with van der Waals surface area (Å²) in [6.45, 7) is 2.29. The monoisotopic (exact) mass is 289 g/mol. The van der Waals surface area contributed by atoms with Crippen molar-refractivity contribution in [3.05, 3.63) is 53.1 Å². The van der Waals surface area contributed by atoms with E-state index in [1.807, 2.05) is 30.3 Å². The van der Waals surface area contributed by atoms with Crippen LogP contribution in [0.15, 0.2) is 42.5 Å². The Bertz CT molecular complexity index is 615. The zero-order chi connectivity index (χ0) is 13.9. The van der Waals surface area contributed by atoms with Gasteiger partial charge in [0.1, 0.15) is 12.4 Å². The smallest absolute Gasteiger partial charge is 0.169 e. The van der Waals surface area contributed by atoms with Gasteiger partial charge in [-0.15, -0.1) is 0 Å². The van der Waals surface area contributed by atoms with E-state index in [4.69, 9.17) is 21.1 Å². The molecule has 4 heteroatoms. The van der Waals surface area contributed by atoms with Gasteiger partial charge >= 0.3 is 0 Å². The van der Waals surface area contributed by atoms with E-state index in [0.717, 1.165) is 24.4 Å². The Hall–Kier alpha value is -1.71. The SMILES string of the molecule is CN1CCOc2cc(Cl)ccc2Oc2ccccc2C1. The van der Waals surface area contributed by atoms with E-state index < -0.39 is 0 Å². The molecule has 0 saturated heterocycles. The number of rotatable bonds is 0. The molecule has 104 valence electrons. The summed E-state index contributed by atoms with van der Waals surface area (Å²) in [6, 6.07) is 13.5. The van der Waals surface area contributed by atoms with Gasteiger partial charge in [0.2, 0.25) is 0 Å². The Balaban J connectivity index is 2.02. The molecule has 1 aliphatic rings. The first kappa shape index (κ1) is 13.3. The molecule has 0 amide bonds. The molecule has 0 aliphatic carbocycles. The Morgan fingerprint density at radius 1 is 1.05 bits per heavy atom. The molecule has 1 heterocycles. The lowest BCUT2D eigenvalue weighted by Gasteiger charge is -2.22. The number of benzene rings is 2. The Morgan fingerprint density at radius 2 is 1.90 bits per heavy atom. The lowest BCUT2D eigenvalue weighted by molar-refractivity contribution is 0.221. The van der Waals surface area contributed by atoms with Crippen LogP contribution in [0.25, 0.3) is 0 Å². The van der Waals surface area contributed by atoms with Gasteiger partial charge in [0.15, 0.2) is 11.5 Å². The molecule has 3 rings (SSSR count). The molecular weight excluding hydrogens is 274 g/mol. The van der Waals surface area contributed by atoms with Crippen molar-refractivity contribution in [3.8, 4) is 17.2 Å². The molecule has 0 aromatic heterocycles. The standard InChI is InChI=1S/C16H16ClNO2/c1-18-8-9-19-16-10-13(17)6-7-15(16)20-14-5-3-2-4-12(14)11-18/h2-7,10H,8-9,11H2,1H3. The van der Waals surface area contributed by atoms with Crippen molar-refractivity contribution < 1.29 is 9.47 Å².